The summed E-state index contributed by atoms with van der Waals surface area (Å²) in [7, 11) is 3.33. The van der Waals surface area contributed by atoms with E-state index in [9.17, 15) is 13.6 Å². The van der Waals surface area contributed by atoms with E-state index in [1.807, 2.05) is 0 Å². The van der Waals surface area contributed by atoms with Gasteiger partial charge in [-0.05, 0) is 22.0 Å². The summed E-state index contributed by atoms with van der Waals surface area (Å²) in [6.45, 7) is -2.47. The number of carbonyl (C=O) groups excluding carboxylic acids is 1. The summed E-state index contributed by atoms with van der Waals surface area (Å²) in [5.41, 5.74) is 0.778. The van der Waals surface area contributed by atoms with Crippen LogP contribution >= 0.6 is 15.9 Å². The Bertz CT molecular complexity index is 605. The van der Waals surface area contributed by atoms with Crippen molar-refractivity contribution in [2.24, 2.45) is 7.05 Å². The fourth-order valence-corrected chi connectivity index (χ4v) is 2.14. The van der Waals surface area contributed by atoms with Crippen LogP contribution in [0.15, 0.2) is 22.9 Å². The lowest BCUT2D eigenvalue weighted by Gasteiger charge is -2.16. The van der Waals surface area contributed by atoms with Gasteiger partial charge >= 0.3 is 6.55 Å². The molecular weight excluding hydrogens is 336 g/mol. The summed E-state index contributed by atoms with van der Waals surface area (Å²) in [6.07, 6.45) is 2.70. The lowest BCUT2D eigenvalue weighted by atomic mass is 10.3. The van der Waals surface area contributed by atoms with Crippen molar-refractivity contribution < 1.29 is 13.6 Å². The quantitative estimate of drug-likeness (QED) is 0.850. The number of amides is 1. The van der Waals surface area contributed by atoms with Gasteiger partial charge in [0.1, 0.15) is 0 Å². The summed E-state index contributed by atoms with van der Waals surface area (Å²) in [5.74, 6) is -0.433. The third-order valence-corrected chi connectivity index (χ3v) is 3.43. The van der Waals surface area contributed by atoms with E-state index in [0.29, 0.717) is 4.68 Å². The molecule has 0 radical (unpaired) electrons. The molecule has 0 aliphatic rings. The second-order valence-electron chi connectivity index (χ2n) is 4.18. The first-order chi connectivity index (χ1) is 9.40. The second kappa shape index (κ2) is 5.70. The highest BCUT2D eigenvalue weighted by Crippen LogP contribution is 2.17. The van der Waals surface area contributed by atoms with Gasteiger partial charge in [0.15, 0.2) is 5.69 Å². The predicted molar refractivity (Wildman–Crippen MR) is 70.2 cm³/mol. The van der Waals surface area contributed by atoms with Crippen LogP contribution in [0.3, 0.4) is 0 Å². The number of nitrogens with zero attached hydrogens (tertiary/aromatic N) is 5. The first-order valence-corrected chi connectivity index (χ1v) is 6.44. The van der Waals surface area contributed by atoms with Crippen molar-refractivity contribution >= 4 is 21.8 Å². The first-order valence-electron chi connectivity index (χ1n) is 5.65. The Hall–Kier alpha value is -1.77. The first kappa shape index (κ1) is 14.6. The van der Waals surface area contributed by atoms with Crippen LogP contribution in [0.4, 0.5) is 8.78 Å². The van der Waals surface area contributed by atoms with E-state index in [0.717, 1.165) is 16.4 Å². The van der Waals surface area contributed by atoms with Crippen LogP contribution in [0, 0.1) is 0 Å². The van der Waals surface area contributed by atoms with E-state index in [1.54, 1.807) is 25.0 Å². The van der Waals surface area contributed by atoms with Gasteiger partial charge in [0.2, 0.25) is 0 Å². The van der Waals surface area contributed by atoms with Crippen molar-refractivity contribution in [1.82, 2.24) is 24.5 Å². The molecule has 1 amide bonds. The van der Waals surface area contributed by atoms with Gasteiger partial charge in [-0.25, -0.2) is 4.68 Å². The van der Waals surface area contributed by atoms with Crippen molar-refractivity contribution in [1.29, 1.82) is 0 Å². The Morgan fingerprint density at radius 1 is 1.55 bits per heavy atom. The molecule has 0 fully saturated rings. The highest BCUT2D eigenvalue weighted by Gasteiger charge is 2.19. The van der Waals surface area contributed by atoms with Crippen molar-refractivity contribution in [2.45, 2.75) is 13.1 Å². The molecular formula is C11H12BrF2N5O. The molecule has 2 aromatic heterocycles. The fraction of sp³-hybridized carbons (Fsp3) is 0.364. The van der Waals surface area contributed by atoms with E-state index in [1.165, 1.54) is 11.0 Å². The number of aryl methyl sites for hydroxylation is 1. The van der Waals surface area contributed by atoms with E-state index in [4.69, 9.17) is 0 Å². The van der Waals surface area contributed by atoms with Gasteiger partial charge in [0, 0.05) is 20.3 Å². The van der Waals surface area contributed by atoms with Crippen LogP contribution in [0.2, 0.25) is 0 Å². The molecule has 0 bridgehead atoms. The summed E-state index contributed by atoms with van der Waals surface area (Å²) >= 11 is 3.33. The summed E-state index contributed by atoms with van der Waals surface area (Å²) in [5, 5.41) is 7.59. The highest BCUT2D eigenvalue weighted by atomic mass is 79.9. The van der Waals surface area contributed by atoms with Gasteiger partial charge in [0.05, 0.1) is 22.9 Å². The van der Waals surface area contributed by atoms with Crippen molar-refractivity contribution in [3.63, 3.8) is 0 Å². The topological polar surface area (TPSA) is 56.0 Å². The third-order valence-electron chi connectivity index (χ3n) is 2.77. The molecule has 0 aliphatic carbocycles. The smallest absolute Gasteiger partial charge is 0.333 e. The zero-order chi connectivity index (χ0) is 14.9. The van der Waals surface area contributed by atoms with Crippen molar-refractivity contribution in [3.8, 4) is 0 Å². The molecule has 20 heavy (non-hydrogen) atoms. The Kier molecular flexibility index (Phi) is 4.17. The minimum atomic E-state index is -2.76. The largest absolute Gasteiger partial charge is 0.334 e. The SMILES string of the molecule is CN(Cc1c(Br)cnn1C)C(=O)c1ccn(C(F)F)n1. The third kappa shape index (κ3) is 2.87. The van der Waals surface area contributed by atoms with Gasteiger partial charge in [-0.15, -0.1) is 0 Å². The van der Waals surface area contributed by atoms with Crippen LogP contribution in [-0.2, 0) is 13.6 Å². The number of alkyl halides is 2. The van der Waals surface area contributed by atoms with Gasteiger partial charge < -0.3 is 4.90 Å². The maximum atomic E-state index is 12.4. The second-order valence-corrected chi connectivity index (χ2v) is 5.04. The molecule has 0 unspecified atom stereocenters. The molecule has 2 heterocycles. The van der Waals surface area contributed by atoms with E-state index in [2.05, 4.69) is 26.1 Å². The molecule has 0 aliphatic heterocycles. The van der Waals surface area contributed by atoms with Crippen LogP contribution in [0.5, 0.6) is 0 Å². The summed E-state index contributed by atoms with van der Waals surface area (Å²) < 4.78 is 27.7. The average Bonchev–Trinajstić information content (AvgIpc) is 3.00. The molecule has 0 saturated carbocycles. The molecule has 9 heteroatoms. The van der Waals surface area contributed by atoms with Crippen LogP contribution < -0.4 is 0 Å². The molecule has 0 saturated heterocycles. The Morgan fingerprint density at radius 3 is 2.75 bits per heavy atom. The molecule has 2 rings (SSSR count). The van der Waals surface area contributed by atoms with Crippen LogP contribution in [0.1, 0.15) is 22.7 Å². The standard InChI is InChI=1S/C11H12BrF2N5O/c1-17(6-9-7(12)5-15-18(9)2)10(20)8-3-4-19(16-8)11(13)14/h3-5,11H,6H2,1-2H3. The van der Waals surface area contributed by atoms with E-state index in [-0.39, 0.29) is 12.2 Å². The number of hydrogen-bond acceptors (Lipinski definition) is 3. The van der Waals surface area contributed by atoms with E-state index >= 15 is 0 Å². The number of halogens is 3. The minimum Gasteiger partial charge on any atom is -0.334 e. The van der Waals surface area contributed by atoms with Gasteiger partial charge in [0.25, 0.3) is 5.91 Å². The van der Waals surface area contributed by atoms with Crippen LogP contribution in [0.25, 0.3) is 0 Å². The van der Waals surface area contributed by atoms with Gasteiger partial charge in [-0.2, -0.15) is 19.0 Å². The van der Waals surface area contributed by atoms with Gasteiger partial charge in [-0.1, -0.05) is 0 Å². The number of aromatic nitrogens is 4. The van der Waals surface area contributed by atoms with Crippen molar-refractivity contribution in [3.05, 3.63) is 34.3 Å². The van der Waals surface area contributed by atoms with Crippen LogP contribution in [-0.4, -0.2) is 37.4 Å². The maximum Gasteiger partial charge on any atom is 0.333 e. The molecule has 2 aromatic rings. The summed E-state index contributed by atoms with van der Waals surface area (Å²) in [4.78, 5) is 13.5. The van der Waals surface area contributed by atoms with E-state index < -0.39 is 12.5 Å². The number of carbonyl (C=O) groups is 1. The molecule has 6 nitrogen and oxygen atoms in total. The Balaban J connectivity index is 2.12. The van der Waals surface area contributed by atoms with Crippen molar-refractivity contribution in [2.75, 3.05) is 7.05 Å². The lowest BCUT2D eigenvalue weighted by Crippen LogP contribution is -2.28. The molecule has 0 aromatic carbocycles. The monoisotopic (exact) mass is 347 g/mol. The molecule has 0 spiro atoms. The zero-order valence-electron chi connectivity index (χ0n) is 10.8. The average molecular weight is 348 g/mol. The predicted octanol–water partition coefficient (Wildman–Crippen LogP) is 2.05. The Morgan fingerprint density at radius 2 is 2.25 bits per heavy atom. The molecule has 108 valence electrons. The summed E-state index contributed by atoms with van der Waals surface area (Å²) in [6, 6.07) is 1.27. The molecule has 0 atom stereocenters. The van der Waals surface area contributed by atoms with Gasteiger partial charge in [-0.3, -0.25) is 9.48 Å². The Labute approximate surface area is 122 Å². The number of rotatable bonds is 4. The fourth-order valence-electron chi connectivity index (χ4n) is 1.67. The molecule has 0 N–H and O–H groups in total. The minimum absolute atomic E-state index is 0.0221. The zero-order valence-corrected chi connectivity index (χ0v) is 12.4. The highest BCUT2D eigenvalue weighted by molar-refractivity contribution is 9.10. The maximum absolute atomic E-state index is 12.4. The normalized spacial score (nSPS) is 11.1. The lowest BCUT2D eigenvalue weighted by molar-refractivity contribution is 0.0553. The number of hydrogen-bond donors (Lipinski definition) is 0.